The fraction of sp³-hybridized carbons (Fsp3) is 0.267. The van der Waals surface area contributed by atoms with Gasteiger partial charge in [-0.25, -0.2) is 13.2 Å². The van der Waals surface area contributed by atoms with E-state index < -0.39 is 16.0 Å². The summed E-state index contributed by atoms with van der Waals surface area (Å²) in [6.45, 7) is 0.183. The second-order valence-corrected chi connectivity index (χ2v) is 7.64. The van der Waals surface area contributed by atoms with Crippen molar-refractivity contribution in [2.45, 2.75) is 11.4 Å². The first kappa shape index (κ1) is 17.5. The lowest BCUT2D eigenvalue weighted by molar-refractivity contribution is 0.0602. The van der Waals surface area contributed by atoms with E-state index in [1.165, 1.54) is 24.5 Å². The Balaban J connectivity index is 2.25. The molecule has 2 rings (SSSR count). The van der Waals surface area contributed by atoms with Crippen LogP contribution in [0.5, 0.6) is 5.75 Å². The van der Waals surface area contributed by atoms with Crippen molar-refractivity contribution < 1.29 is 22.7 Å². The molecule has 0 aliphatic carbocycles. The molecule has 2 aromatic rings. The number of rotatable bonds is 6. The van der Waals surface area contributed by atoms with Crippen molar-refractivity contribution >= 4 is 27.3 Å². The molecule has 0 saturated carbocycles. The molecule has 1 heterocycles. The van der Waals surface area contributed by atoms with Crippen molar-refractivity contribution in [1.82, 2.24) is 4.31 Å². The maximum absolute atomic E-state index is 12.7. The highest BCUT2D eigenvalue weighted by molar-refractivity contribution is 7.89. The summed E-state index contributed by atoms with van der Waals surface area (Å²) in [5.74, 6) is 0.0431. The van der Waals surface area contributed by atoms with Gasteiger partial charge in [0.2, 0.25) is 10.0 Å². The van der Waals surface area contributed by atoms with Crippen LogP contribution in [0, 0.1) is 0 Å². The average Bonchev–Trinajstić information content (AvgIpc) is 3.05. The average molecular weight is 355 g/mol. The van der Waals surface area contributed by atoms with E-state index in [2.05, 4.69) is 4.74 Å². The third-order valence-corrected chi connectivity index (χ3v) is 6.12. The lowest BCUT2D eigenvalue weighted by atomic mass is 10.2. The minimum absolute atomic E-state index is 0.0367. The molecular formula is C15H17NO5S2. The molecule has 0 amide bonds. The number of benzene rings is 1. The molecular weight excluding hydrogens is 338 g/mol. The van der Waals surface area contributed by atoms with Crippen LogP contribution in [0.4, 0.5) is 0 Å². The molecule has 8 heteroatoms. The van der Waals surface area contributed by atoms with Crippen LogP contribution in [-0.4, -0.2) is 40.0 Å². The zero-order valence-corrected chi connectivity index (χ0v) is 14.6. The Labute approximate surface area is 139 Å². The summed E-state index contributed by atoms with van der Waals surface area (Å²) in [6, 6.07) is 8.52. The van der Waals surface area contributed by atoms with E-state index in [-0.39, 0.29) is 16.3 Å². The van der Waals surface area contributed by atoms with Gasteiger partial charge >= 0.3 is 5.97 Å². The van der Waals surface area contributed by atoms with Crippen LogP contribution in [0.25, 0.3) is 0 Å². The number of esters is 1. The Morgan fingerprint density at radius 2 is 1.83 bits per heavy atom. The standard InChI is InChI=1S/C15H17NO5S2/c1-16(10-11-4-6-12(20-2)7-5-11)23(18,19)13-8-9-22-14(13)15(17)21-3/h4-9H,10H2,1-3H3. The van der Waals surface area contributed by atoms with E-state index in [9.17, 15) is 13.2 Å². The highest BCUT2D eigenvalue weighted by atomic mass is 32.2. The second-order valence-electron chi connectivity index (χ2n) is 4.71. The molecule has 0 fully saturated rings. The summed E-state index contributed by atoms with van der Waals surface area (Å²) in [4.78, 5) is 11.7. The fourth-order valence-electron chi connectivity index (χ4n) is 1.98. The smallest absolute Gasteiger partial charge is 0.349 e. The molecule has 124 valence electrons. The molecule has 6 nitrogen and oxygen atoms in total. The molecule has 0 aliphatic rings. The van der Waals surface area contributed by atoms with Crippen molar-refractivity contribution in [3.05, 3.63) is 46.2 Å². The molecule has 1 aromatic carbocycles. The lowest BCUT2D eigenvalue weighted by Crippen LogP contribution is -2.27. The van der Waals surface area contributed by atoms with Crippen LogP contribution in [0.3, 0.4) is 0 Å². The van der Waals surface area contributed by atoms with Crippen LogP contribution in [0.15, 0.2) is 40.6 Å². The first-order valence-corrected chi connectivity index (χ1v) is 8.97. The molecule has 0 bridgehead atoms. The van der Waals surface area contributed by atoms with Crippen molar-refractivity contribution in [1.29, 1.82) is 0 Å². The van der Waals surface area contributed by atoms with Crippen LogP contribution < -0.4 is 4.74 Å². The van der Waals surface area contributed by atoms with Gasteiger partial charge in [-0.3, -0.25) is 0 Å². The predicted molar refractivity (Wildman–Crippen MR) is 87.3 cm³/mol. The normalized spacial score (nSPS) is 11.5. The topological polar surface area (TPSA) is 72.9 Å². The van der Waals surface area contributed by atoms with E-state index in [1.807, 2.05) is 0 Å². The summed E-state index contributed by atoms with van der Waals surface area (Å²) in [6.07, 6.45) is 0. The van der Waals surface area contributed by atoms with E-state index >= 15 is 0 Å². The number of hydrogen-bond donors (Lipinski definition) is 0. The Bertz CT molecular complexity index is 780. The molecule has 23 heavy (non-hydrogen) atoms. The largest absolute Gasteiger partial charge is 0.497 e. The van der Waals surface area contributed by atoms with Crippen molar-refractivity contribution in [3.8, 4) is 5.75 Å². The zero-order valence-electron chi connectivity index (χ0n) is 13.0. The zero-order chi connectivity index (χ0) is 17.0. The molecule has 0 atom stereocenters. The van der Waals surface area contributed by atoms with Gasteiger partial charge in [-0.1, -0.05) is 12.1 Å². The van der Waals surface area contributed by atoms with E-state index in [0.717, 1.165) is 16.9 Å². The van der Waals surface area contributed by atoms with Gasteiger partial charge in [0, 0.05) is 13.6 Å². The molecule has 0 N–H and O–H groups in total. The number of sulfonamides is 1. The highest BCUT2D eigenvalue weighted by Crippen LogP contribution is 2.26. The minimum Gasteiger partial charge on any atom is -0.497 e. The number of carbonyl (C=O) groups excluding carboxylic acids is 1. The van der Waals surface area contributed by atoms with Gasteiger partial charge < -0.3 is 9.47 Å². The Hall–Kier alpha value is -1.90. The monoisotopic (exact) mass is 355 g/mol. The van der Waals surface area contributed by atoms with Crippen LogP contribution in [-0.2, 0) is 21.3 Å². The Kier molecular flexibility index (Phi) is 5.40. The fourth-order valence-corrected chi connectivity index (χ4v) is 4.45. The third kappa shape index (κ3) is 3.72. The van der Waals surface area contributed by atoms with Crippen molar-refractivity contribution in [2.75, 3.05) is 21.3 Å². The molecule has 0 unspecified atom stereocenters. The first-order valence-electron chi connectivity index (χ1n) is 6.65. The minimum atomic E-state index is -3.78. The number of hydrogen-bond acceptors (Lipinski definition) is 6. The maximum Gasteiger partial charge on any atom is 0.349 e. The number of nitrogens with zero attached hydrogens (tertiary/aromatic N) is 1. The van der Waals surface area contributed by atoms with E-state index in [1.54, 1.807) is 36.8 Å². The number of methoxy groups -OCH3 is 2. The van der Waals surface area contributed by atoms with Crippen LogP contribution in [0.1, 0.15) is 15.2 Å². The molecule has 0 radical (unpaired) electrons. The summed E-state index contributed by atoms with van der Waals surface area (Å²) in [7, 11) is 0.475. The molecule has 0 spiro atoms. The predicted octanol–water partition coefficient (Wildman–Crippen LogP) is 2.36. The summed E-state index contributed by atoms with van der Waals surface area (Å²) in [5, 5.41) is 1.56. The quantitative estimate of drug-likeness (QED) is 0.744. The molecule has 1 aromatic heterocycles. The number of carbonyl (C=O) groups is 1. The van der Waals surface area contributed by atoms with Gasteiger partial charge in [0.25, 0.3) is 0 Å². The highest BCUT2D eigenvalue weighted by Gasteiger charge is 2.28. The van der Waals surface area contributed by atoms with Crippen molar-refractivity contribution in [2.24, 2.45) is 0 Å². The van der Waals surface area contributed by atoms with Gasteiger partial charge in [-0.2, -0.15) is 4.31 Å². The summed E-state index contributed by atoms with van der Waals surface area (Å²) < 4.78 is 36.2. The molecule has 0 aliphatic heterocycles. The number of thiophene rings is 1. The van der Waals surface area contributed by atoms with Crippen LogP contribution >= 0.6 is 11.3 Å². The lowest BCUT2D eigenvalue weighted by Gasteiger charge is -2.17. The Morgan fingerprint density at radius 3 is 2.39 bits per heavy atom. The summed E-state index contributed by atoms with van der Waals surface area (Å²) >= 11 is 1.04. The SMILES string of the molecule is COC(=O)c1sccc1S(=O)(=O)N(C)Cc1ccc(OC)cc1. The Morgan fingerprint density at radius 1 is 1.17 bits per heavy atom. The second kappa shape index (κ2) is 7.12. The van der Waals surface area contributed by atoms with Crippen LogP contribution in [0.2, 0.25) is 0 Å². The van der Waals surface area contributed by atoms with Gasteiger partial charge in [0.15, 0.2) is 0 Å². The van der Waals surface area contributed by atoms with Gasteiger partial charge in [0.1, 0.15) is 15.5 Å². The summed E-state index contributed by atoms with van der Waals surface area (Å²) in [5.41, 5.74) is 0.812. The van der Waals surface area contributed by atoms with E-state index in [4.69, 9.17) is 4.74 Å². The number of ether oxygens (including phenoxy) is 2. The first-order chi connectivity index (χ1) is 10.9. The van der Waals surface area contributed by atoms with E-state index in [0.29, 0.717) is 5.75 Å². The third-order valence-electron chi connectivity index (χ3n) is 3.25. The van der Waals surface area contributed by atoms with Crippen molar-refractivity contribution in [3.63, 3.8) is 0 Å². The van der Waals surface area contributed by atoms with Gasteiger partial charge in [-0.05, 0) is 29.1 Å². The van der Waals surface area contributed by atoms with Gasteiger partial charge in [-0.15, -0.1) is 11.3 Å². The maximum atomic E-state index is 12.7. The van der Waals surface area contributed by atoms with Gasteiger partial charge in [0.05, 0.1) is 14.2 Å². The molecule has 0 saturated heterocycles.